The molecule has 2 fully saturated rings. The third-order valence-electron chi connectivity index (χ3n) is 7.66. The zero-order valence-corrected chi connectivity index (χ0v) is 23.9. The van der Waals surface area contributed by atoms with Crippen LogP contribution in [0.3, 0.4) is 0 Å². The highest BCUT2D eigenvalue weighted by atomic mass is 19.3. The number of carbonyl (C=O) groups excluding carboxylic acids is 2. The maximum atomic E-state index is 13.9. The molecular weight excluding hydrogens is 546 g/mol. The molecule has 2 aromatic rings. The number of halogens is 4. The van der Waals surface area contributed by atoms with Crippen molar-refractivity contribution in [2.45, 2.75) is 95.1 Å². The summed E-state index contributed by atoms with van der Waals surface area (Å²) in [6.07, 6.45) is 2.22. The van der Waals surface area contributed by atoms with E-state index in [0.717, 1.165) is 0 Å². The molecule has 2 N–H and O–H groups in total. The molecule has 13 heteroatoms. The predicted octanol–water partition coefficient (Wildman–Crippen LogP) is 5.40. The minimum Gasteiger partial charge on any atom is -0.444 e. The first kappa shape index (κ1) is 31.0. The first-order valence-corrected chi connectivity index (χ1v) is 14.0. The topological polar surface area (TPSA) is 107 Å². The van der Waals surface area contributed by atoms with Gasteiger partial charge in [0.05, 0.1) is 30.7 Å². The maximum absolute atomic E-state index is 13.9. The molecule has 2 aromatic heterocycles. The van der Waals surface area contributed by atoms with E-state index in [1.54, 1.807) is 43.7 Å². The molecular formula is C28H39F4N5O4. The number of carbonyl (C=O) groups is 2. The largest absolute Gasteiger partial charge is 0.444 e. The second kappa shape index (κ2) is 12.1. The van der Waals surface area contributed by atoms with Crippen molar-refractivity contribution < 1.29 is 36.6 Å². The van der Waals surface area contributed by atoms with Gasteiger partial charge >= 0.3 is 6.09 Å². The second-order valence-corrected chi connectivity index (χ2v) is 12.3. The molecule has 4 rings (SSSR count). The number of aromatic nitrogens is 3. The molecule has 0 bridgehead atoms. The van der Waals surface area contributed by atoms with E-state index >= 15 is 0 Å². The van der Waals surface area contributed by atoms with Gasteiger partial charge in [0.25, 0.3) is 0 Å². The van der Waals surface area contributed by atoms with Gasteiger partial charge in [-0.15, -0.1) is 0 Å². The number of fused-ring (bicyclic) bond motifs is 1. The van der Waals surface area contributed by atoms with E-state index in [1.807, 2.05) is 0 Å². The molecule has 9 nitrogen and oxygen atoms in total. The third kappa shape index (κ3) is 8.52. The van der Waals surface area contributed by atoms with Gasteiger partial charge in [0, 0.05) is 57.2 Å². The van der Waals surface area contributed by atoms with E-state index in [9.17, 15) is 27.2 Å². The summed E-state index contributed by atoms with van der Waals surface area (Å²) >= 11 is 0. The molecule has 2 atom stereocenters. The minimum atomic E-state index is -2.70. The summed E-state index contributed by atoms with van der Waals surface area (Å²) in [5, 5.41) is 10.0. The number of methoxy groups -OCH3 is 1. The van der Waals surface area contributed by atoms with Crippen LogP contribution >= 0.6 is 0 Å². The van der Waals surface area contributed by atoms with Gasteiger partial charge in [0.1, 0.15) is 5.60 Å². The lowest BCUT2D eigenvalue weighted by atomic mass is 9.77. The smallest absolute Gasteiger partial charge is 0.407 e. The average molecular weight is 586 g/mol. The van der Waals surface area contributed by atoms with Gasteiger partial charge in [0.15, 0.2) is 5.65 Å². The highest BCUT2D eigenvalue weighted by Crippen LogP contribution is 2.44. The van der Waals surface area contributed by atoms with Gasteiger partial charge in [0.2, 0.25) is 17.8 Å². The number of alkyl carbamates (subject to hydrolysis) is 1. The van der Waals surface area contributed by atoms with Crippen LogP contribution in [0, 0.1) is 11.8 Å². The number of amides is 2. The Morgan fingerprint density at radius 2 is 1.83 bits per heavy atom. The number of alkyl halides is 4. The van der Waals surface area contributed by atoms with Crippen LogP contribution in [0.15, 0.2) is 18.5 Å². The number of nitrogens with one attached hydrogen (secondary N) is 2. The van der Waals surface area contributed by atoms with E-state index in [4.69, 9.17) is 14.5 Å². The number of nitrogens with zero attached hydrogens (tertiary/aromatic N) is 3. The van der Waals surface area contributed by atoms with Crippen LogP contribution in [0.5, 0.6) is 0 Å². The Bertz CT molecular complexity index is 1210. The maximum Gasteiger partial charge on any atom is 0.407 e. The van der Waals surface area contributed by atoms with Crippen molar-refractivity contribution in [3.05, 3.63) is 29.7 Å². The van der Waals surface area contributed by atoms with Crippen LogP contribution < -0.4 is 10.6 Å². The van der Waals surface area contributed by atoms with Gasteiger partial charge in [-0.1, -0.05) is 0 Å². The van der Waals surface area contributed by atoms with Crippen molar-refractivity contribution in [2.24, 2.45) is 11.8 Å². The summed E-state index contributed by atoms with van der Waals surface area (Å²) in [7, 11) is 1.49. The van der Waals surface area contributed by atoms with Crippen molar-refractivity contribution in [3.63, 3.8) is 0 Å². The minimum absolute atomic E-state index is 0.00572. The fourth-order valence-electron chi connectivity index (χ4n) is 5.60. The van der Waals surface area contributed by atoms with E-state index in [0.29, 0.717) is 16.9 Å². The molecule has 2 aliphatic carbocycles. The third-order valence-corrected chi connectivity index (χ3v) is 7.66. The van der Waals surface area contributed by atoms with Crippen LogP contribution in [0.2, 0.25) is 0 Å². The van der Waals surface area contributed by atoms with Gasteiger partial charge in [-0.2, -0.15) is 5.10 Å². The molecule has 0 aromatic carbocycles. The molecule has 2 heterocycles. The molecule has 1 unspecified atom stereocenters. The SMILES string of the molecule is COC[C@@H](NC(=O)CC1CC(F)(F)C1)c1cnn2cc(C(CNC(=O)OC(C)(C)C)C3CCC(F)(F)CC3)nc2c1. The van der Waals surface area contributed by atoms with Crippen molar-refractivity contribution in [1.29, 1.82) is 0 Å². The Morgan fingerprint density at radius 1 is 1.15 bits per heavy atom. The Morgan fingerprint density at radius 3 is 2.44 bits per heavy atom. The Labute approximate surface area is 236 Å². The average Bonchev–Trinajstić information content (AvgIpc) is 3.25. The highest BCUT2D eigenvalue weighted by molar-refractivity contribution is 5.77. The first-order chi connectivity index (χ1) is 19.1. The summed E-state index contributed by atoms with van der Waals surface area (Å²) in [6, 6.07) is 1.17. The summed E-state index contributed by atoms with van der Waals surface area (Å²) < 4.78 is 66.4. The van der Waals surface area contributed by atoms with Crippen LogP contribution in [0.25, 0.3) is 5.65 Å². The van der Waals surface area contributed by atoms with Crippen molar-refractivity contribution in [3.8, 4) is 0 Å². The number of ether oxygens (including phenoxy) is 2. The van der Waals surface area contributed by atoms with E-state index < -0.39 is 29.6 Å². The lowest BCUT2D eigenvalue weighted by Gasteiger charge is -2.34. The van der Waals surface area contributed by atoms with E-state index in [-0.39, 0.29) is 81.8 Å². The number of hydrogen-bond acceptors (Lipinski definition) is 6. The number of rotatable bonds is 10. The van der Waals surface area contributed by atoms with Crippen molar-refractivity contribution in [2.75, 3.05) is 20.3 Å². The standard InChI is InChI=1S/C28H39F4N5O4/c1-26(2,3)41-25(39)33-14-20(18-5-7-27(29,30)8-6-18)21-15-37-23(35-21)10-19(13-34-37)22(16-40-4)36-24(38)9-17-11-28(31,32)12-17/h10,13,15,17-18,20,22H,5-9,11-12,14,16H2,1-4H3,(H,33,39)(H,36,38)/t20?,22-/m1/s1. The lowest BCUT2D eigenvalue weighted by molar-refractivity contribution is -0.134. The zero-order valence-electron chi connectivity index (χ0n) is 23.9. The molecule has 0 spiro atoms. The normalized spacial score (nSPS) is 20.7. The van der Waals surface area contributed by atoms with Crippen LogP contribution in [-0.2, 0) is 14.3 Å². The monoisotopic (exact) mass is 585 g/mol. The Balaban J connectivity index is 1.51. The molecule has 0 radical (unpaired) electrons. The molecule has 2 amide bonds. The summed E-state index contributed by atoms with van der Waals surface area (Å²) in [5.41, 5.74) is 0.992. The predicted molar refractivity (Wildman–Crippen MR) is 142 cm³/mol. The molecule has 0 saturated heterocycles. The highest BCUT2D eigenvalue weighted by Gasteiger charge is 2.46. The molecule has 228 valence electrons. The van der Waals surface area contributed by atoms with Crippen molar-refractivity contribution >= 4 is 17.6 Å². The molecule has 2 saturated carbocycles. The van der Waals surface area contributed by atoms with E-state index in [2.05, 4.69) is 15.7 Å². The van der Waals surface area contributed by atoms with Crippen molar-refractivity contribution in [1.82, 2.24) is 25.2 Å². The van der Waals surface area contributed by atoms with Crippen LogP contribution in [0.4, 0.5) is 22.4 Å². The Kier molecular flexibility index (Phi) is 9.15. The van der Waals surface area contributed by atoms with Gasteiger partial charge in [-0.25, -0.2) is 31.9 Å². The summed E-state index contributed by atoms with van der Waals surface area (Å²) in [5.74, 6) is -6.57. The van der Waals surface area contributed by atoms with Crippen LogP contribution in [0.1, 0.15) is 88.9 Å². The lowest BCUT2D eigenvalue weighted by Crippen LogP contribution is -2.40. The summed E-state index contributed by atoms with van der Waals surface area (Å²) in [6.45, 7) is 5.55. The zero-order chi connectivity index (χ0) is 30.0. The fraction of sp³-hybridized carbons (Fsp3) is 0.714. The van der Waals surface area contributed by atoms with Crippen LogP contribution in [-0.4, -0.2) is 64.3 Å². The van der Waals surface area contributed by atoms with Gasteiger partial charge < -0.3 is 20.1 Å². The molecule has 0 aliphatic heterocycles. The second-order valence-electron chi connectivity index (χ2n) is 12.3. The number of imidazole rings is 1. The Hall–Kier alpha value is -2.96. The van der Waals surface area contributed by atoms with E-state index in [1.165, 1.54) is 7.11 Å². The molecule has 2 aliphatic rings. The van der Waals surface area contributed by atoms with Gasteiger partial charge in [-0.05, 0) is 51.5 Å². The van der Waals surface area contributed by atoms with Gasteiger partial charge in [-0.3, -0.25) is 4.79 Å². The summed E-state index contributed by atoms with van der Waals surface area (Å²) in [4.78, 5) is 29.7. The first-order valence-electron chi connectivity index (χ1n) is 14.0. The molecule has 41 heavy (non-hydrogen) atoms. The fourth-order valence-corrected chi connectivity index (χ4v) is 5.60. The quantitative estimate of drug-likeness (QED) is 0.362. The number of hydrogen-bond donors (Lipinski definition) is 2.